The van der Waals surface area contributed by atoms with Gasteiger partial charge in [0.2, 0.25) is 0 Å². The molecule has 0 fully saturated rings. The molecule has 3 rings (SSSR count). The SMILES string of the molecule is C=CCC1=C(Cc2ccccc2)C2=NN=C(C#N)C2=C1. The Morgan fingerprint density at radius 1 is 1.20 bits per heavy atom. The Morgan fingerprint density at radius 2 is 2.00 bits per heavy atom. The molecule has 1 aliphatic carbocycles. The number of fused-ring (bicyclic) bond motifs is 1. The van der Waals surface area contributed by atoms with E-state index in [2.05, 4.69) is 35.0 Å². The standard InChI is InChI=1S/C17H13N3/c1-2-6-13-10-15-16(11-18)19-20-17(15)14(13)9-12-7-4-3-5-8-12/h2-5,7-8,10H,1,6,9H2. The molecule has 1 aromatic carbocycles. The molecular formula is C17H13N3. The van der Waals surface area contributed by atoms with E-state index >= 15 is 0 Å². The minimum absolute atomic E-state index is 0.407. The molecule has 0 saturated heterocycles. The first kappa shape index (κ1) is 12.3. The highest BCUT2D eigenvalue weighted by Crippen LogP contribution is 2.32. The summed E-state index contributed by atoms with van der Waals surface area (Å²) < 4.78 is 0. The third-order valence-corrected chi connectivity index (χ3v) is 3.45. The van der Waals surface area contributed by atoms with Gasteiger partial charge >= 0.3 is 0 Å². The highest BCUT2D eigenvalue weighted by molar-refractivity contribution is 6.38. The van der Waals surface area contributed by atoms with Gasteiger partial charge in [0, 0.05) is 5.57 Å². The molecular weight excluding hydrogens is 246 g/mol. The molecule has 0 bridgehead atoms. The fourth-order valence-corrected chi connectivity index (χ4v) is 2.51. The molecule has 1 heterocycles. The van der Waals surface area contributed by atoms with Crippen molar-refractivity contribution in [3.8, 4) is 6.07 Å². The van der Waals surface area contributed by atoms with Gasteiger partial charge in [0.25, 0.3) is 0 Å². The van der Waals surface area contributed by atoms with Gasteiger partial charge in [-0.15, -0.1) is 16.8 Å². The summed E-state index contributed by atoms with van der Waals surface area (Å²) in [6, 6.07) is 12.3. The second kappa shape index (κ2) is 5.10. The van der Waals surface area contributed by atoms with Crippen LogP contribution in [-0.2, 0) is 6.42 Å². The summed E-state index contributed by atoms with van der Waals surface area (Å²) in [6.45, 7) is 3.80. The molecule has 0 saturated carbocycles. The highest BCUT2D eigenvalue weighted by atomic mass is 15.2. The van der Waals surface area contributed by atoms with Gasteiger partial charge < -0.3 is 0 Å². The average molecular weight is 259 g/mol. The molecule has 1 aliphatic heterocycles. The van der Waals surface area contributed by atoms with Crippen LogP contribution >= 0.6 is 0 Å². The Morgan fingerprint density at radius 3 is 2.70 bits per heavy atom. The number of benzene rings is 1. The molecule has 0 amide bonds. The van der Waals surface area contributed by atoms with E-state index in [9.17, 15) is 0 Å². The van der Waals surface area contributed by atoms with Crippen molar-refractivity contribution in [1.29, 1.82) is 5.26 Å². The molecule has 2 aliphatic rings. The van der Waals surface area contributed by atoms with Gasteiger partial charge in [-0.1, -0.05) is 36.4 Å². The van der Waals surface area contributed by atoms with E-state index in [1.807, 2.05) is 30.4 Å². The average Bonchev–Trinajstić information content (AvgIpc) is 3.01. The van der Waals surface area contributed by atoms with Crippen LogP contribution in [0.2, 0.25) is 0 Å². The molecule has 0 unspecified atom stereocenters. The van der Waals surface area contributed by atoms with Crippen molar-refractivity contribution in [1.82, 2.24) is 0 Å². The predicted octanol–water partition coefficient (Wildman–Crippen LogP) is 3.38. The molecule has 3 heteroatoms. The summed E-state index contributed by atoms with van der Waals surface area (Å²) in [5, 5.41) is 17.2. The molecule has 1 aromatic rings. The molecule has 0 spiro atoms. The summed E-state index contributed by atoms with van der Waals surface area (Å²) in [5.41, 5.74) is 5.68. The first-order valence-corrected chi connectivity index (χ1v) is 6.49. The lowest BCUT2D eigenvalue weighted by Gasteiger charge is -2.06. The zero-order valence-corrected chi connectivity index (χ0v) is 11.0. The fraction of sp³-hybridized carbons (Fsp3) is 0.118. The number of hydrogen-bond acceptors (Lipinski definition) is 3. The third-order valence-electron chi connectivity index (χ3n) is 3.45. The van der Waals surface area contributed by atoms with Crippen molar-refractivity contribution in [3.63, 3.8) is 0 Å². The summed E-state index contributed by atoms with van der Waals surface area (Å²) in [7, 11) is 0. The van der Waals surface area contributed by atoms with Gasteiger partial charge in [-0.25, -0.2) is 0 Å². The number of nitrogens with zero attached hydrogens (tertiary/aromatic N) is 3. The maximum atomic E-state index is 9.07. The first-order valence-electron chi connectivity index (χ1n) is 6.49. The second-order valence-corrected chi connectivity index (χ2v) is 4.73. The summed E-state index contributed by atoms with van der Waals surface area (Å²) >= 11 is 0. The lowest BCUT2D eigenvalue weighted by atomic mass is 9.97. The quantitative estimate of drug-likeness (QED) is 0.765. The van der Waals surface area contributed by atoms with Crippen LogP contribution in [0, 0.1) is 11.3 Å². The maximum absolute atomic E-state index is 9.07. The van der Waals surface area contributed by atoms with Crippen LogP contribution in [0.15, 0.2) is 76.0 Å². The second-order valence-electron chi connectivity index (χ2n) is 4.73. The molecule has 96 valence electrons. The molecule has 0 N–H and O–H groups in total. The van der Waals surface area contributed by atoms with Gasteiger partial charge in [-0.05, 0) is 35.6 Å². The Labute approximate surface area is 118 Å². The normalized spacial score (nSPS) is 16.2. The number of nitriles is 1. The van der Waals surface area contributed by atoms with Crippen LogP contribution < -0.4 is 0 Å². The van der Waals surface area contributed by atoms with Crippen molar-refractivity contribution < 1.29 is 0 Å². The molecule has 3 nitrogen and oxygen atoms in total. The van der Waals surface area contributed by atoms with Crippen LogP contribution in [0.3, 0.4) is 0 Å². The van der Waals surface area contributed by atoms with Gasteiger partial charge in [0.05, 0.1) is 5.71 Å². The van der Waals surface area contributed by atoms with Crippen molar-refractivity contribution in [2.24, 2.45) is 10.2 Å². The Kier molecular flexibility index (Phi) is 3.14. The van der Waals surface area contributed by atoms with Crippen molar-refractivity contribution in [2.75, 3.05) is 0 Å². The molecule has 20 heavy (non-hydrogen) atoms. The van der Waals surface area contributed by atoms with E-state index in [4.69, 9.17) is 5.26 Å². The van der Waals surface area contributed by atoms with Gasteiger partial charge in [-0.3, -0.25) is 0 Å². The van der Waals surface area contributed by atoms with Crippen LogP contribution in [0.5, 0.6) is 0 Å². The smallest absolute Gasteiger partial charge is 0.172 e. The predicted molar refractivity (Wildman–Crippen MR) is 80.6 cm³/mol. The van der Waals surface area contributed by atoms with E-state index < -0.39 is 0 Å². The van der Waals surface area contributed by atoms with E-state index in [0.29, 0.717) is 5.71 Å². The minimum atomic E-state index is 0.407. The van der Waals surface area contributed by atoms with E-state index in [1.165, 1.54) is 11.1 Å². The fourth-order valence-electron chi connectivity index (χ4n) is 2.51. The van der Waals surface area contributed by atoms with Crippen LogP contribution in [0.1, 0.15) is 12.0 Å². The third kappa shape index (κ3) is 2.02. The number of allylic oxidation sites excluding steroid dienone is 5. The van der Waals surface area contributed by atoms with E-state index in [1.54, 1.807) is 0 Å². The van der Waals surface area contributed by atoms with Crippen molar-refractivity contribution >= 4 is 11.4 Å². The van der Waals surface area contributed by atoms with E-state index in [0.717, 1.165) is 29.7 Å². The lowest BCUT2D eigenvalue weighted by molar-refractivity contribution is 1.15. The summed E-state index contributed by atoms with van der Waals surface area (Å²) in [6.07, 6.45) is 5.48. The van der Waals surface area contributed by atoms with Gasteiger partial charge in [-0.2, -0.15) is 5.26 Å². The van der Waals surface area contributed by atoms with Gasteiger partial charge in [0.1, 0.15) is 6.07 Å². The topological polar surface area (TPSA) is 48.5 Å². The van der Waals surface area contributed by atoms with E-state index in [-0.39, 0.29) is 0 Å². The molecule has 0 atom stereocenters. The maximum Gasteiger partial charge on any atom is 0.172 e. The van der Waals surface area contributed by atoms with Crippen LogP contribution in [-0.4, -0.2) is 11.4 Å². The zero-order chi connectivity index (χ0) is 13.9. The number of hydrogen-bond donors (Lipinski definition) is 0. The first-order chi connectivity index (χ1) is 9.83. The van der Waals surface area contributed by atoms with Crippen molar-refractivity contribution in [3.05, 3.63) is 71.3 Å². The lowest BCUT2D eigenvalue weighted by Crippen LogP contribution is -2.07. The summed E-state index contributed by atoms with van der Waals surface area (Å²) in [4.78, 5) is 0. The number of rotatable bonds is 4. The zero-order valence-electron chi connectivity index (χ0n) is 11.0. The van der Waals surface area contributed by atoms with Crippen molar-refractivity contribution in [2.45, 2.75) is 12.8 Å². The Bertz CT molecular complexity index is 725. The molecule has 0 aromatic heterocycles. The Hall–Kier alpha value is -2.73. The van der Waals surface area contributed by atoms with Crippen LogP contribution in [0.25, 0.3) is 0 Å². The minimum Gasteiger partial charge on any atom is -0.191 e. The Balaban J connectivity index is 1.95. The monoisotopic (exact) mass is 259 g/mol. The molecule has 0 radical (unpaired) electrons. The largest absolute Gasteiger partial charge is 0.191 e. The van der Waals surface area contributed by atoms with Gasteiger partial charge in [0.15, 0.2) is 5.71 Å². The summed E-state index contributed by atoms with van der Waals surface area (Å²) in [5.74, 6) is 0. The van der Waals surface area contributed by atoms with Crippen LogP contribution in [0.4, 0.5) is 0 Å². The highest BCUT2D eigenvalue weighted by Gasteiger charge is 2.29.